The Labute approximate surface area is 124 Å². The van der Waals surface area contributed by atoms with Crippen molar-refractivity contribution in [2.45, 2.75) is 32.2 Å². The summed E-state index contributed by atoms with van der Waals surface area (Å²) in [5.74, 6) is -1.29. The molecule has 5 heteroatoms. The standard InChI is InChI=1S/C16H21NO4/c1-16(2,3)12-6-4-11(5-7-12)14(18)17-8-9-21-10-13(17)15(19)20/h4-7,13H,8-10H2,1-3H3,(H,19,20). The van der Waals surface area contributed by atoms with E-state index in [2.05, 4.69) is 20.8 Å². The Kier molecular flexibility index (Phi) is 4.32. The fourth-order valence-corrected chi connectivity index (χ4v) is 2.33. The maximum atomic E-state index is 12.5. The summed E-state index contributed by atoms with van der Waals surface area (Å²) in [6.45, 7) is 7.03. The molecule has 1 fully saturated rings. The maximum Gasteiger partial charge on any atom is 0.328 e. The number of amides is 1. The summed E-state index contributed by atoms with van der Waals surface area (Å²) >= 11 is 0. The number of nitrogens with zero attached hydrogens (tertiary/aromatic N) is 1. The molecule has 1 aromatic rings. The van der Waals surface area contributed by atoms with E-state index in [0.29, 0.717) is 18.7 Å². The summed E-state index contributed by atoms with van der Waals surface area (Å²) in [5.41, 5.74) is 1.66. The van der Waals surface area contributed by atoms with E-state index in [-0.39, 0.29) is 17.9 Å². The Morgan fingerprint density at radius 1 is 1.24 bits per heavy atom. The molecule has 1 amide bonds. The van der Waals surface area contributed by atoms with Crippen LogP contribution < -0.4 is 0 Å². The van der Waals surface area contributed by atoms with E-state index in [4.69, 9.17) is 4.74 Å². The zero-order valence-electron chi connectivity index (χ0n) is 12.6. The predicted octanol–water partition coefficient (Wildman–Crippen LogP) is 1.91. The first-order chi connectivity index (χ1) is 9.80. The fourth-order valence-electron chi connectivity index (χ4n) is 2.33. The molecule has 114 valence electrons. The van der Waals surface area contributed by atoms with Crippen LogP contribution in [0, 0.1) is 0 Å². The Balaban J connectivity index is 2.20. The molecule has 5 nitrogen and oxygen atoms in total. The number of carbonyl (C=O) groups is 2. The smallest absolute Gasteiger partial charge is 0.328 e. The molecule has 21 heavy (non-hydrogen) atoms. The number of morpholine rings is 1. The van der Waals surface area contributed by atoms with Crippen molar-refractivity contribution in [3.63, 3.8) is 0 Å². The lowest BCUT2D eigenvalue weighted by molar-refractivity contribution is -0.147. The average Bonchev–Trinajstić information content (AvgIpc) is 2.45. The third kappa shape index (κ3) is 3.42. The molecule has 0 aliphatic carbocycles. The van der Waals surface area contributed by atoms with Crippen LogP contribution in [0.25, 0.3) is 0 Å². The summed E-state index contributed by atoms with van der Waals surface area (Å²) in [6.07, 6.45) is 0. The number of carbonyl (C=O) groups excluding carboxylic acids is 1. The van der Waals surface area contributed by atoms with Gasteiger partial charge in [0.2, 0.25) is 0 Å². The Bertz CT molecular complexity index is 530. The van der Waals surface area contributed by atoms with Crippen LogP contribution in [0.3, 0.4) is 0 Å². The number of aliphatic carboxylic acids is 1. The van der Waals surface area contributed by atoms with Gasteiger partial charge in [0, 0.05) is 12.1 Å². The zero-order valence-corrected chi connectivity index (χ0v) is 12.6. The maximum absolute atomic E-state index is 12.5. The fraction of sp³-hybridized carbons (Fsp3) is 0.500. The number of ether oxygens (including phenoxy) is 1. The molecule has 1 aliphatic heterocycles. The van der Waals surface area contributed by atoms with E-state index in [1.807, 2.05) is 12.1 Å². The minimum atomic E-state index is -1.03. The lowest BCUT2D eigenvalue weighted by Gasteiger charge is -2.33. The largest absolute Gasteiger partial charge is 0.480 e. The highest BCUT2D eigenvalue weighted by Crippen LogP contribution is 2.23. The van der Waals surface area contributed by atoms with Crippen molar-refractivity contribution in [2.75, 3.05) is 19.8 Å². The van der Waals surface area contributed by atoms with Gasteiger partial charge in [0.15, 0.2) is 6.04 Å². The first-order valence-electron chi connectivity index (χ1n) is 7.03. The van der Waals surface area contributed by atoms with E-state index in [1.54, 1.807) is 12.1 Å². The molecule has 1 aromatic carbocycles. The second-order valence-electron chi connectivity index (χ2n) is 6.25. The van der Waals surface area contributed by atoms with Crippen molar-refractivity contribution in [3.8, 4) is 0 Å². The number of carboxylic acids is 1. The quantitative estimate of drug-likeness (QED) is 0.904. The molecule has 0 radical (unpaired) electrons. The van der Waals surface area contributed by atoms with Gasteiger partial charge in [-0.1, -0.05) is 32.9 Å². The second kappa shape index (κ2) is 5.85. The molecule has 0 aromatic heterocycles. The highest BCUT2D eigenvalue weighted by atomic mass is 16.5. The van der Waals surface area contributed by atoms with Gasteiger partial charge >= 0.3 is 5.97 Å². The predicted molar refractivity (Wildman–Crippen MR) is 78.4 cm³/mol. The monoisotopic (exact) mass is 291 g/mol. The van der Waals surface area contributed by atoms with Gasteiger partial charge in [-0.3, -0.25) is 4.79 Å². The van der Waals surface area contributed by atoms with Crippen molar-refractivity contribution in [2.24, 2.45) is 0 Å². The summed E-state index contributed by atoms with van der Waals surface area (Å²) < 4.78 is 5.15. The molecule has 0 spiro atoms. The summed E-state index contributed by atoms with van der Waals surface area (Å²) in [5, 5.41) is 9.18. The van der Waals surface area contributed by atoms with Crippen LogP contribution in [0.1, 0.15) is 36.7 Å². The lowest BCUT2D eigenvalue weighted by Crippen LogP contribution is -2.52. The van der Waals surface area contributed by atoms with Crippen LogP contribution in [0.2, 0.25) is 0 Å². The van der Waals surface area contributed by atoms with Gasteiger partial charge in [-0.25, -0.2) is 4.79 Å². The van der Waals surface area contributed by atoms with Gasteiger partial charge in [-0.15, -0.1) is 0 Å². The number of rotatable bonds is 2. The zero-order chi connectivity index (χ0) is 15.6. The van der Waals surface area contributed by atoms with Crippen molar-refractivity contribution in [3.05, 3.63) is 35.4 Å². The van der Waals surface area contributed by atoms with Gasteiger partial charge in [-0.2, -0.15) is 0 Å². The van der Waals surface area contributed by atoms with Gasteiger partial charge in [-0.05, 0) is 23.1 Å². The van der Waals surface area contributed by atoms with Crippen molar-refractivity contribution in [1.82, 2.24) is 4.90 Å². The highest BCUT2D eigenvalue weighted by molar-refractivity contribution is 5.96. The van der Waals surface area contributed by atoms with Crippen LogP contribution in [-0.2, 0) is 14.9 Å². The minimum Gasteiger partial charge on any atom is -0.480 e. The van der Waals surface area contributed by atoms with E-state index in [0.717, 1.165) is 5.56 Å². The molecule has 1 atom stereocenters. The number of benzene rings is 1. The van der Waals surface area contributed by atoms with Gasteiger partial charge in [0.25, 0.3) is 5.91 Å². The third-order valence-electron chi connectivity index (χ3n) is 3.67. The summed E-state index contributed by atoms with van der Waals surface area (Å²) in [7, 11) is 0. The molecule has 2 rings (SSSR count). The Hall–Kier alpha value is -1.88. The van der Waals surface area contributed by atoms with Crippen molar-refractivity contribution in [1.29, 1.82) is 0 Å². The van der Waals surface area contributed by atoms with E-state index in [1.165, 1.54) is 4.90 Å². The molecule has 1 saturated heterocycles. The van der Waals surface area contributed by atoms with E-state index in [9.17, 15) is 14.7 Å². The van der Waals surface area contributed by atoms with Gasteiger partial charge in [0.1, 0.15) is 0 Å². The lowest BCUT2D eigenvalue weighted by atomic mass is 9.86. The van der Waals surface area contributed by atoms with Gasteiger partial charge < -0.3 is 14.7 Å². The highest BCUT2D eigenvalue weighted by Gasteiger charge is 2.33. The second-order valence-corrected chi connectivity index (χ2v) is 6.25. The minimum absolute atomic E-state index is 0.0180. The van der Waals surface area contributed by atoms with Gasteiger partial charge in [0.05, 0.1) is 13.2 Å². The van der Waals surface area contributed by atoms with E-state index < -0.39 is 12.0 Å². The van der Waals surface area contributed by atoms with Crippen LogP contribution in [-0.4, -0.2) is 47.7 Å². The molecule has 1 heterocycles. The molecular formula is C16H21NO4. The summed E-state index contributed by atoms with van der Waals surface area (Å²) in [6, 6.07) is 6.45. The average molecular weight is 291 g/mol. The van der Waals surface area contributed by atoms with Crippen LogP contribution >= 0.6 is 0 Å². The number of carboxylic acid groups (broad SMARTS) is 1. The topological polar surface area (TPSA) is 66.8 Å². The van der Waals surface area contributed by atoms with Crippen LogP contribution in [0.15, 0.2) is 24.3 Å². The summed E-state index contributed by atoms with van der Waals surface area (Å²) in [4.78, 5) is 25.1. The first-order valence-corrected chi connectivity index (χ1v) is 7.03. The molecule has 1 unspecified atom stereocenters. The SMILES string of the molecule is CC(C)(C)c1ccc(C(=O)N2CCOCC2C(=O)O)cc1. The number of hydrogen-bond acceptors (Lipinski definition) is 3. The first kappa shape index (κ1) is 15.5. The molecular weight excluding hydrogens is 270 g/mol. The molecule has 0 saturated carbocycles. The van der Waals surface area contributed by atoms with Crippen molar-refractivity contribution >= 4 is 11.9 Å². The third-order valence-corrected chi connectivity index (χ3v) is 3.67. The molecule has 1 aliphatic rings. The van der Waals surface area contributed by atoms with Crippen molar-refractivity contribution < 1.29 is 19.4 Å². The Morgan fingerprint density at radius 3 is 2.38 bits per heavy atom. The van der Waals surface area contributed by atoms with E-state index >= 15 is 0 Å². The molecule has 1 N–H and O–H groups in total. The Morgan fingerprint density at radius 2 is 1.86 bits per heavy atom. The van der Waals surface area contributed by atoms with Crippen LogP contribution in [0.4, 0.5) is 0 Å². The number of hydrogen-bond donors (Lipinski definition) is 1. The molecule has 0 bridgehead atoms. The normalized spacial score (nSPS) is 19.4. The van der Waals surface area contributed by atoms with Crippen LogP contribution in [0.5, 0.6) is 0 Å².